The van der Waals surface area contributed by atoms with Crippen molar-refractivity contribution in [2.75, 3.05) is 46.3 Å². The molecule has 0 spiro atoms. The van der Waals surface area contributed by atoms with Crippen LogP contribution < -0.4 is 0 Å². The molecule has 2 fully saturated rings. The van der Waals surface area contributed by atoms with E-state index in [4.69, 9.17) is 0 Å². The number of fused-ring (bicyclic) bond motifs is 1. The fourth-order valence-corrected chi connectivity index (χ4v) is 3.75. The highest BCUT2D eigenvalue weighted by Gasteiger charge is 2.38. The van der Waals surface area contributed by atoms with Gasteiger partial charge in [-0.15, -0.1) is 5.10 Å². The van der Waals surface area contributed by atoms with Crippen LogP contribution in [0.4, 0.5) is 0 Å². The van der Waals surface area contributed by atoms with Gasteiger partial charge in [-0.25, -0.2) is 4.68 Å². The van der Waals surface area contributed by atoms with E-state index in [2.05, 4.69) is 27.2 Å². The van der Waals surface area contributed by atoms with Crippen LogP contribution in [-0.2, 0) is 11.3 Å². The average molecular weight is 344 g/mol. The molecule has 0 radical (unpaired) electrons. The van der Waals surface area contributed by atoms with E-state index >= 15 is 0 Å². The molecule has 8 nitrogen and oxygen atoms in total. The quantitative estimate of drug-likeness (QED) is 0.790. The van der Waals surface area contributed by atoms with Gasteiger partial charge in [-0.1, -0.05) is 17.3 Å². The van der Waals surface area contributed by atoms with E-state index in [1.165, 1.54) is 0 Å². The predicted octanol–water partition coefficient (Wildman–Crippen LogP) is -0.750. The monoisotopic (exact) mass is 344 g/mol. The number of hydrogen-bond acceptors (Lipinski definition) is 6. The van der Waals surface area contributed by atoms with Gasteiger partial charge in [0.25, 0.3) is 0 Å². The molecule has 0 bridgehead atoms. The summed E-state index contributed by atoms with van der Waals surface area (Å²) in [7, 11) is 2.11. The zero-order valence-corrected chi connectivity index (χ0v) is 14.5. The van der Waals surface area contributed by atoms with Gasteiger partial charge in [0.15, 0.2) is 0 Å². The fourth-order valence-electron chi connectivity index (χ4n) is 3.75. The number of amides is 1. The van der Waals surface area contributed by atoms with Gasteiger partial charge in [-0.2, -0.15) is 0 Å². The number of β-amino-alcohol motifs (C(OH)–C–C–N with tert-alkyl or cyclic N) is 1. The van der Waals surface area contributed by atoms with Crippen LogP contribution in [0.3, 0.4) is 0 Å². The van der Waals surface area contributed by atoms with Crippen LogP contribution in [-0.4, -0.2) is 99.2 Å². The van der Waals surface area contributed by atoms with E-state index in [0.717, 1.165) is 37.2 Å². The van der Waals surface area contributed by atoms with Gasteiger partial charge >= 0.3 is 0 Å². The number of carbonyl (C=O) groups is 1. The molecule has 2 aliphatic heterocycles. The number of likely N-dealkylation sites (tertiary alicyclic amines) is 1. The summed E-state index contributed by atoms with van der Waals surface area (Å²) in [5.74, 6) is -0.0219. The summed E-state index contributed by atoms with van der Waals surface area (Å²) < 4.78 is 1.63. The number of aliphatic hydroxyl groups is 1. The molecule has 1 amide bonds. The van der Waals surface area contributed by atoms with E-state index in [1.807, 2.05) is 24.3 Å². The van der Waals surface area contributed by atoms with Crippen molar-refractivity contribution in [1.82, 2.24) is 29.7 Å². The summed E-state index contributed by atoms with van der Waals surface area (Å²) >= 11 is 0. The van der Waals surface area contributed by atoms with E-state index in [-0.39, 0.29) is 18.5 Å². The summed E-state index contributed by atoms with van der Waals surface area (Å²) in [4.78, 5) is 19.0. The minimum atomic E-state index is -0.486. The number of carbonyl (C=O) groups excluding carboxylic acids is 1. The summed E-state index contributed by atoms with van der Waals surface area (Å²) in [6.07, 6.45) is -0.486. The maximum absolute atomic E-state index is 12.7. The maximum Gasteiger partial charge on any atom is 0.244 e. The molecule has 0 saturated carbocycles. The Morgan fingerprint density at radius 3 is 2.76 bits per heavy atom. The first-order valence-corrected chi connectivity index (χ1v) is 8.78. The second kappa shape index (κ2) is 6.70. The summed E-state index contributed by atoms with van der Waals surface area (Å²) in [6, 6.07) is 7.64. The number of hydrogen-bond donors (Lipinski definition) is 1. The third kappa shape index (κ3) is 3.24. The van der Waals surface area contributed by atoms with Crippen molar-refractivity contribution < 1.29 is 9.90 Å². The zero-order chi connectivity index (χ0) is 17.4. The summed E-state index contributed by atoms with van der Waals surface area (Å²) in [5.41, 5.74) is 1.64. The van der Waals surface area contributed by atoms with Gasteiger partial charge < -0.3 is 14.9 Å². The SMILES string of the molecule is CN1CCN([C@@H]2CN(C(=O)Cn3nnc4ccccc43)C[C@H]2O)CC1. The first kappa shape index (κ1) is 16.4. The van der Waals surface area contributed by atoms with Crippen LogP contribution in [0.15, 0.2) is 24.3 Å². The van der Waals surface area contributed by atoms with E-state index in [1.54, 1.807) is 9.58 Å². The lowest BCUT2D eigenvalue weighted by Gasteiger charge is -2.37. The van der Waals surface area contributed by atoms with Crippen LogP contribution in [0.1, 0.15) is 0 Å². The molecule has 2 aromatic rings. The van der Waals surface area contributed by atoms with Gasteiger partial charge in [0.2, 0.25) is 5.91 Å². The summed E-state index contributed by atoms with van der Waals surface area (Å²) in [5, 5.41) is 18.6. The van der Waals surface area contributed by atoms with Crippen molar-refractivity contribution in [1.29, 1.82) is 0 Å². The molecule has 1 aromatic heterocycles. The van der Waals surface area contributed by atoms with Gasteiger partial charge in [0.05, 0.1) is 17.7 Å². The number of aliphatic hydroxyl groups excluding tert-OH is 1. The predicted molar refractivity (Wildman–Crippen MR) is 93.0 cm³/mol. The van der Waals surface area contributed by atoms with Crippen molar-refractivity contribution in [3.8, 4) is 0 Å². The fraction of sp³-hybridized carbons (Fsp3) is 0.588. The van der Waals surface area contributed by atoms with Gasteiger partial charge in [0, 0.05) is 39.3 Å². The van der Waals surface area contributed by atoms with Crippen molar-refractivity contribution in [2.45, 2.75) is 18.7 Å². The highest BCUT2D eigenvalue weighted by Crippen LogP contribution is 2.19. The number of likely N-dealkylation sites (N-methyl/N-ethyl adjacent to an activating group) is 1. The molecule has 3 heterocycles. The minimum absolute atomic E-state index is 0.0219. The maximum atomic E-state index is 12.7. The highest BCUT2D eigenvalue weighted by molar-refractivity contribution is 5.80. The first-order chi connectivity index (χ1) is 12.1. The van der Waals surface area contributed by atoms with Gasteiger partial charge in [-0.05, 0) is 19.2 Å². The molecule has 0 unspecified atom stereocenters. The first-order valence-electron chi connectivity index (χ1n) is 8.78. The molecule has 25 heavy (non-hydrogen) atoms. The Balaban J connectivity index is 1.41. The number of rotatable bonds is 3. The smallest absolute Gasteiger partial charge is 0.244 e. The lowest BCUT2D eigenvalue weighted by atomic mass is 10.1. The third-order valence-corrected chi connectivity index (χ3v) is 5.32. The number of nitrogens with zero attached hydrogens (tertiary/aromatic N) is 6. The van der Waals surface area contributed by atoms with E-state index < -0.39 is 6.10 Å². The average Bonchev–Trinajstić information content (AvgIpc) is 3.20. The molecule has 1 aromatic carbocycles. The Hall–Kier alpha value is -2.03. The molecule has 0 aliphatic carbocycles. The molecule has 4 rings (SSSR count). The number of piperazine rings is 1. The Kier molecular flexibility index (Phi) is 4.41. The van der Waals surface area contributed by atoms with Gasteiger partial charge in [-0.3, -0.25) is 9.69 Å². The van der Waals surface area contributed by atoms with Crippen LogP contribution in [0.2, 0.25) is 0 Å². The van der Waals surface area contributed by atoms with Crippen molar-refractivity contribution >= 4 is 16.9 Å². The van der Waals surface area contributed by atoms with Crippen LogP contribution in [0, 0.1) is 0 Å². The summed E-state index contributed by atoms with van der Waals surface area (Å²) in [6.45, 7) is 5.01. The minimum Gasteiger partial charge on any atom is -0.390 e. The molecular weight excluding hydrogens is 320 g/mol. The van der Waals surface area contributed by atoms with E-state index in [0.29, 0.717) is 13.1 Å². The standard InChI is InChI=1S/C17H24N6O2/c1-20-6-8-21(9-7-20)15-10-22(11-16(15)24)17(25)12-23-14-5-3-2-4-13(14)18-19-23/h2-5,15-16,24H,6-12H2,1H3/t15-,16-/m1/s1. The molecule has 2 aliphatic rings. The second-order valence-corrected chi connectivity index (χ2v) is 7.01. The molecule has 1 N–H and O–H groups in total. The molecule has 2 atom stereocenters. The highest BCUT2D eigenvalue weighted by atomic mass is 16.3. The number of benzene rings is 1. The zero-order valence-electron chi connectivity index (χ0n) is 14.5. The van der Waals surface area contributed by atoms with Crippen molar-refractivity contribution in [3.05, 3.63) is 24.3 Å². The Morgan fingerprint density at radius 1 is 1.20 bits per heavy atom. The normalized spacial score (nSPS) is 25.8. The van der Waals surface area contributed by atoms with Crippen molar-refractivity contribution in [2.24, 2.45) is 0 Å². The topological polar surface area (TPSA) is 77.7 Å². The Bertz CT molecular complexity index is 754. The van der Waals surface area contributed by atoms with Crippen LogP contribution in [0.25, 0.3) is 11.0 Å². The molecular formula is C17H24N6O2. The van der Waals surface area contributed by atoms with Crippen LogP contribution >= 0.6 is 0 Å². The molecule has 2 saturated heterocycles. The van der Waals surface area contributed by atoms with Crippen molar-refractivity contribution in [3.63, 3.8) is 0 Å². The largest absolute Gasteiger partial charge is 0.390 e. The van der Waals surface area contributed by atoms with Gasteiger partial charge in [0.1, 0.15) is 12.1 Å². The second-order valence-electron chi connectivity index (χ2n) is 7.01. The number of para-hydroxylation sites is 1. The lowest BCUT2D eigenvalue weighted by Crippen LogP contribution is -2.52. The van der Waals surface area contributed by atoms with Crippen LogP contribution in [0.5, 0.6) is 0 Å². The number of aromatic nitrogens is 3. The molecule has 8 heteroatoms. The lowest BCUT2D eigenvalue weighted by molar-refractivity contribution is -0.131. The Labute approximate surface area is 146 Å². The third-order valence-electron chi connectivity index (χ3n) is 5.32. The molecule has 134 valence electrons. The Morgan fingerprint density at radius 2 is 1.96 bits per heavy atom. The van der Waals surface area contributed by atoms with E-state index in [9.17, 15) is 9.90 Å².